The number of urea groups is 1. The Morgan fingerprint density at radius 3 is 2.87 bits per heavy atom. The van der Waals surface area contributed by atoms with Gasteiger partial charge in [-0.05, 0) is 25.1 Å². The summed E-state index contributed by atoms with van der Waals surface area (Å²) in [7, 11) is 0. The number of imide groups is 1. The Kier molecular flexibility index (Phi) is 5.97. The second-order valence-corrected chi connectivity index (χ2v) is 5.83. The summed E-state index contributed by atoms with van der Waals surface area (Å²) in [5.74, 6) is -0.452. The van der Waals surface area contributed by atoms with E-state index in [4.69, 9.17) is 9.47 Å². The molecular weight excluding hydrogens is 368 g/mol. The maximum absolute atomic E-state index is 12.0. The number of amides is 3. The van der Waals surface area contributed by atoms with E-state index in [0.717, 1.165) is 9.37 Å². The summed E-state index contributed by atoms with van der Waals surface area (Å²) in [6.07, 6.45) is -0.992. The Morgan fingerprint density at radius 1 is 1.43 bits per heavy atom. The molecule has 1 saturated heterocycles. The monoisotopic (exact) mass is 384 g/mol. The lowest BCUT2D eigenvalue weighted by Gasteiger charge is -2.18. The third kappa shape index (κ3) is 4.95. The number of hydrogen-bond acceptors (Lipinski definition) is 5. The summed E-state index contributed by atoms with van der Waals surface area (Å²) in [4.78, 5) is 36.1. The molecule has 8 heteroatoms. The number of carbonyl (C=O) groups is 3. The van der Waals surface area contributed by atoms with E-state index >= 15 is 0 Å². The lowest BCUT2D eigenvalue weighted by atomic mass is 10.3. The number of esters is 1. The fourth-order valence-electron chi connectivity index (χ4n) is 2.02. The highest BCUT2D eigenvalue weighted by molar-refractivity contribution is 9.10. The fourth-order valence-corrected chi connectivity index (χ4v) is 2.40. The molecule has 23 heavy (non-hydrogen) atoms. The molecule has 1 heterocycles. The van der Waals surface area contributed by atoms with Crippen molar-refractivity contribution in [3.63, 3.8) is 0 Å². The molecule has 0 aromatic heterocycles. The van der Waals surface area contributed by atoms with Gasteiger partial charge in [-0.1, -0.05) is 22.0 Å². The van der Waals surface area contributed by atoms with Gasteiger partial charge in [0.2, 0.25) is 0 Å². The largest absolute Gasteiger partial charge is 0.493 e. The maximum Gasteiger partial charge on any atom is 0.324 e. The van der Waals surface area contributed by atoms with Crippen LogP contribution in [-0.4, -0.2) is 48.6 Å². The molecule has 0 saturated carbocycles. The van der Waals surface area contributed by atoms with E-state index in [2.05, 4.69) is 21.2 Å². The van der Waals surface area contributed by atoms with Crippen LogP contribution in [0.1, 0.15) is 13.3 Å². The Morgan fingerprint density at radius 2 is 2.22 bits per heavy atom. The van der Waals surface area contributed by atoms with Crippen molar-refractivity contribution in [2.45, 2.75) is 19.4 Å². The predicted molar refractivity (Wildman–Crippen MR) is 84.9 cm³/mol. The van der Waals surface area contributed by atoms with Gasteiger partial charge in [0, 0.05) is 17.6 Å². The smallest absolute Gasteiger partial charge is 0.324 e. The molecule has 124 valence electrons. The van der Waals surface area contributed by atoms with Crippen LogP contribution in [0.25, 0.3) is 0 Å². The van der Waals surface area contributed by atoms with Gasteiger partial charge >= 0.3 is 12.0 Å². The molecule has 1 atom stereocenters. The topological polar surface area (TPSA) is 84.9 Å². The van der Waals surface area contributed by atoms with Crippen molar-refractivity contribution in [2.24, 2.45) is 0 Å². The van der Waals surface area contributed by atoms with Crippen molar-refractivity contribution < 1.29 is 23.9 Å². The van der Waals surface area contributed by atoms with E-state index in [0.29, 0.717) is 12.3 Å². The van der Waals surface area contributed by atoms with Crippen LogP contribution < -0.4 is 10.1 Å². The number of hydrogen-bond donors (Lipinski definition) is 1. The minimum atomic E-state index is -1.00. The molecule has 1 fully saturated rings. The molecule has 0 bridgehead atoms. The van der Waals surface area contributed by atoms with Crippen LogP contribution in [0.4, 0.5) is 4.79 Å². The van der Waals surface area contributed by atoms with Gasteiger partial charge in [0.25, 0.3) is 5.91 Å². The first kappa shape index (κ1) is 17.3. The summed E-state index contributed by atoms with van der Waals surface area (Å²) in [6, 6.07) is 6.77. The Balaban J connectivity index is 1.73. The Bertz CT molecular complexity index is 607. The number of halogens is 1. The second-order valence-electron chi connectivity index (χ2n) is 4.91. The molecule has 7 nitrogen and oxygen atoms in total. The van der Waals surface area contributed by atoms with E-state index in [1.54, 1.807) is 12.1 Å². The van der Waals surface area contributed by atoms with Crippen LogP contribution in [0.5, 0.6) is 5.75 Å². The third-order valence-electron chi connectivity index (χ3n) is 3.15. The van der Waals surface area contributed by atoms with E-state index < -0.39 is 24.0 Å². The standard InChI is InChI=1S/C15H17BrN2O5/c1-10(14(20)18-7-6-17-15(18)21)23-13(19)5-8-22-12-4-2-3-11(16)9-12/h2-4,9-10H,5-8H2,1H3,(H,17,21)/t10-/m1/s1. The molecule has 1 aromatic carbocycles. The molecule has 0 spiro atoms. The van der Waals surface area contributed by atoms with Crippen molar-refractivity contribution in [1.82, 2.24) is 10.2 Å². The Labute approximate surface area is 142 Å². The number of nitrogens with one attached hydrogen (secondary N) is 1. The van der Waals surface area contributed by atoms with Gasteiger partial charge in [0.05, 0.1) is 13.0 Å². The summed E-state index contributed by atoms with van der Waals surface area (Å²) in [5, 5.41) is 2.52. The van der Waals surface area contributed by atoms with Crippen molar-refractivity contribution in [3.8, 4) is 5.75 Å². The van der Waals surface area contributed by atoms with Gasteiger partial charge in [-0.3, -0.25) is 14.5 Å². The minimum Gasteiger partial charge on any atom is -0.493 e. The molecule has 1 N–H and O–H groups in total. The molecule has 2 rings (SSSR count). The quantitative estimate of drug-likeness (QED) is 0.754. The van der Waals surface area contributed by atoms with Crippen molar-refractivity contribution in [1.29, 1.82) is 0 Å². The summed E-state index contributed by atoms with van der Waals surface area (Å²) in [6.45, 7) is 2.28. The lowest BCUT2D eigenvalue weighted by Crippen LogP contribution is -2.41. The average Bonchev–Trinajstić information content (AvgIpc) is 2.92. The fraction of sp³-hybridized carbons (Fsp3) is 0.400. The van der Waals surface area contributed by atoms with Crippen molar-refractivity contribution in [2.75, 3.05) is 19.7 Å². The van der Waals surface area contributed by atoms with Crippen LogP contribution in [0.15, 0.2) is 28.7 Å². The summed E-state index contributed by atoms with van der Waals surface area (Å²) < 4.78 is 11.3. The minimum absolute atomic E-state index is 0.0102. The SMILES string of the molecule is C[C@@H](OC(=O)CCOc1cccc(Br)c1)C(=O)N1CCNC1=O. The third-order valence-corrected chi connectivity index (χ3v) is 3.64. The predicted octanol–water partition coefficient (Wildman–Crippen LogP) is 1.70. The first-order chi connectivity index (χ1) is 11.0. The van der Waals surface area contributed by atoms with Gasteiger partial charge in [-0.2, -0.15) is 0 Å². The molecule has 1 aliphatic rings. The number of nitrogens with zero attached hydrogens (tertiary/aromatic N) is 1. The van der Waals surface area contributed by atoms with Crippen LogP contribution in [0, 0.1) is 0 Å². The van der Waals surface area contributed by atoms with Gasteiger partial charge in [-0.25, -0.2) is 4.79 Å². The zero-order valence-corrected chi connectivity index (χ0v) is 14.2. The first-order valence-electron chi connectivity index (χ1n) is 7.14. The van der Waals surface area contributed by atoms with Gasteiger partial charge < -0.3 is 14.8 Å². The van der Waals surface area contributed by atoms with Gasteiger partial charge in [-0.15, -0.1) is 0 Å². The zero-order valence-electron chi connectivity index (χ0n) is 12.6. The van der Waals surface area contributed by atoms with Gasteiger partial charge in [0.15, 0.2) is 6.10 Å². The van der Waals surface area contributed by atoms with E-state index in [9.17, 15) is 14.4 Å². The van der Waals surface area contributed by atoms with E-state index in [1.807, 2.05) is 12.1 Å². The number of rotatable bonds is 6. The molecular formula is C15H17BrN2O5. The number of benzene rings is 1. The molecule has 0 unspecified atom stereocenters. The highest BCUT2D eigenvalue weighted by atomic mass is 79.9. The first-order valence-corrected chi connectivity index (χ1v) is 7.93. The normalized spacial score (nSPS) is 15.0. The van der Waals surface area contributed by atoms with Gasteiger partial charge in [0.1, 0.15) is 5.75 Å². The van der Waals surface area contributed by atoms with Crippen molar-refractivity contribution in [3.05, 3.63) is 28.7 Å². The maximum atomic E-state index is 12.0. The molecule has 0 aliphatic carbocycles. The van der Waals surface area contributed by atoms with Crippen molar-refractivity contribution >= 4 is 33.8 Å². The van der Waals surface area contributed by atoms with E-state index in [1.165, 1.54) is 6.92 Å². The summed E-state index contributed by atoms with van der Waals surface area (Å²) in [5.41, 5.74) is 0. The molecule has 0 radical (unpaired) electrons. The number of carbonyl (C=O) groups excluding carboxylic acids is 3. The highest BCUT2D eigenvalue weighted by Crippen LogP contribution is 2.17. The second kappa shape index (κ2) is 7.96. The van der Waals surface area contributed by atoms with Crippen LogP contribution in [0.2, 0.25) is 0 Å². The highest BCUT2D eigenvalue weighted by Gasteiger charge is 2.31. The van der Waals surface area contributed by atoms with Crippen LogP contribution >= 0.6 is 15.9 Å². The molecule has 1 aliphatic heterocycles. The van der Waals surface area contributed by atoms with Crippen LogP contribution in [-0.2, 0) is 14.3 Å². The zero-order chi connectivity index (χ0) is 16.8. The lowest BCUT2D eigenvalue weighted by molar-refractivity contribution is -0.157. The summed E-state index contributed by atoms with van der Waals surface area (Å²) >= 11 is 3.32. The Hall–Kier alpha value is -2.09. The average molecular weight is 385 g/mol. The van der Waals surface area contributed by atoms with Crippen LogP contribution in [0.3, 0.4) is 0 Å². The number of ether oxygens (including phenoxy) is 2. The molecule has 3 amide bonds. The molecule has 1 aromatic rings. The van der Waals surface area contributed by atoms with E-state index in [-0.39, 0.29) is 19.6 Å².